The Morgan fingerprint density at radius 2 is 1.94 bits per heavy atom. The smallest absolute Gasteiger partial charge is 0.0681 e. The largest absolute Gasteiger partial charge is 0.392 e. The van der Waals surface area contributed by atoms with Crippen LogP contribution in [0.5, 0.6) is 0 Å². The number of hydrogen-bond acceptors (Lipinski definition) is 2. The van der Waals surface area contributed by atoms with Crippen molar-refractivity contribution in [1.82, 2.24) is 0 Å². The van der Waals surface area contributed by atoms with Crippen LogP contribution in [0.3, 0.4) is 0 Å². The molecule has 1 saturated heterocycles. The molecule has 0 radical (unpaired) electrons. The normalized spacial score (nSPS) is 21.3. The molecule has 0 spiro atoms. The molecule has 0 aliphatic carbocycles. The lowest BCUT2D eigenvalue weighted by atomic mass is 9.98. The van der Waals surface area contributed by atoms with E-state index in [0.717, 1.165) is 11.5 Å². The second-order valence-corrected chi connectivity index (χ2v) is 5.02. The summed E-state index contributed by atoms with van der Waals surface area (Å²) >= 11 is 0. The number of nitrogens with zero attached hydrogens (tertiary/aromatic N) is 1. The van der Waals surface area contributed by atoms with E-state index in [0.29, 0.717) is 0 Å². The topological polar surface area (TPSA) is 23.5 Å². The third-order valence-corrected chi connectivity index (χ3v) is 3.91. The Kier molecular flexibility index (Phi) is 4.43. The zero-order valence-electron chi connectivity index (χ0n) is 10.7. The average Bonchev–Trinajstić information content (AvgIpc) is 2.64. The van der Waals surface area contributed by atoms with Gasteiger partial charge < -0.3 is 10.0 Å². The predicted molar refractivity (Wildman–Crippen MR) is 72.2 cm³/mol. The maximum atomic E-state index is 9.04. The monoisotopic (exact) mass is 233 g/mol. The second-order valence-electron chi connectivity index (χ2n) is 5.02. The van der Waals surface area contributed by atoms with Crippen molar-refractivity contribution in [2.75, 3.05) is 18.0 Å². The highest BCUT2D eigenvalue weighted by molar-refractivity contribution is 5.47. The summed E-state index contributed by atoms with van der Waals surface area (Å²) in [4.78, 5) is 2.48. The van der Waals surface area contributed by atoms with E-state index in [1.165, 1.54) is 44.5 Å². The van der Waals surface area contributed by atoms with E-state index in [9.17, 15) is 0 Å². The molecule has 2 nitrogen and oxygen atoms in total. The Hall–Kier alpha value is -1.02. The van der Waals surface area contributed by atoms with Crippen molar-refractivity contribution >= 4 is 5.69 Å². The van der Waals surface area contributed by atoms with Crippen molar-refractivity contribution in [3.8, 4) is 0 Å². The van der Waals surface area contributed by atoms with Gasteiger partial charge in [-0.25, -0.2) is 0 Å². The van der Waals surface area contributed by atoms with Crippen LogP contribution in [0.1, 0.15) is 38.2 Å². The van der Waals surface area contributed by atoms with Gasteiger partial charge in [0.15, 0.2) is 0 Å². The summed E-state index contributed by atoms with van der Waals surface area (Å²) < 4.78 is 0. The molecular formula is C15H23NO. The molecule has 17 heavy (non-hydrogen) atoms. The van der Waals surface area contributed by atoms with Crippen LogP contribution in [0.2, 0.25) is 0 Å². The number of benzene rings is 1. The highest BCUT2D eigenvalue weighted by Crippen LogP contribution is 2.24. The van der Waals surface area contributed by atoms with E-state index in [2.05, 4.69) is 24.0 Å². The summed E-state index contributed by atoms with van der Waals surface area (Å²) in [6, 6.07) is 8.32. The first-order valence-electron chi connectivity index (χ1n) is 6.78. The van der Waals surface area contributed by atoms with Crippen molar-refractivity contribution in [3.05, 3.63) is 29.8 Å². The van der Waals surface area contributed by atoms with E-state index in [1.807, 2.05) is 12.1 Å². The van der Waals surface area contributed by atoms with Crippen molar-refractivity contribution in [1.29, 1.82) is 0 Å². The predicted octanol–water partition coefficient (Wildman–Crippen LogP) is 3.20. The van der Waals surface area contributed by atoms with E-state index < -0.39 is 0 Å². The molecule has 1 aliphatic rings. The van der Waals surface area contributed by atoms with Crippen LogP contribution < -0.4 is 4.90 Å². The van der Waals surface area contributed by atoms with Gasteiger partial charge in [-0.05, 0) is 42.9 Å². The quantitative estimate of drug-likeness (QED) is 0.866. The molecule has 1 aromatic carbocycles. The summed E-state index contributed by atoms with van der Waals surface area (Å²) in [5, 5.41) is 9.04. The Balaban J connectivity index is 2.01. The van der Waals surface area contributed by atoms with Crippen LogP contribution in [0.4, 0.5) is 5.69 Å². The molecule has 2 rings (SSSR count). The van der Waals surface area contributed by atoms with E-state index in [4.69, 9.17) is 5.11 Å². The standard InChI is InChI=1S/C15H23NO/c1-2-13-4-3-10-16(11-9-13)15-7-5-14(12-17)6-8-15/h5-8,13,17H,2-4,9-12H2,1H3. The third kappa shape index (κ3) is 3.22. The number of anilines is 1. The Morgan fingerprint density at radius 1 is 1.18 bits per heavy atom. The molecule has 1 heterocycles. The van der Waals surface area contributed by atoms with Gasteiger partial charge in [0, 0.05) is 18.8 Å². The molecule has 1 aliphatic heterocycles. The molecule has 0 aromatic heterocycles. The van der Waals surface area contributed by atoms with E-state index in [1.54, 1.807) is 0 Å². The SMILES string of the molecule is CCC1CCCN(c2ccc(CO)cc2)CC1. The first-order valence-corrected chi connectivity index (χ1v) is 6.78. The number of hydrogen-bond donors (Lipinski definition) is 1. The van der Waals surface area contributed by atoms with Gasteiger partial charge in [0.05, 0.1) is 6.61 Å². The van der Waals surface area contributed by atoms with Gasteiger partial charge in [0.1, 0.15) is 0 Å². The highest BCUT2D eigenvalue weighted by Gasteiger charge is 2.15. The Bertz CT molecular complexity index is 333. The van der Waals surface area contributed by atoms with Gasteiger partial charge >= 0.3 is 0 Å². The zero-order valence-corrected chi connectivity index (χ0v) is 10.7. The number of aliphatic hydroxyl groups is 1. The van der Waals surface area contributed by atoms with Crippen LogP contribution in [0, 0.1) is 5.92 Å². The van der Waals surface area contributed by atoms with Crippen LogP contribution >= 0.6 is 0 Å². The van der Waals surface area contributed by atoms with E-state index in [-0.39, 0.29) is 6.61 Å². The van der Waals surface area contributed by atoms with Crippen LogP contribution in [0.15, 0.2) is 24.3 Å². The van der Waals surface area contributed by atoms with Gasteiger partial charge in [-0.2, -0.15) is 0 Å². The minimum Gasteiger partial charge on any atom is -0.392 e. The summed E-state index contributed by atoms with van der Waals surface area (Å²) in [5.41, 5.74) is 2.30. The van der Waals surface area contributed by atoms with Gasteiger partial charge in [0.25, 0.3) is 0 Å². The maximum absolute atomic E-state index is 9.04. The lowest BCUT2D eigenvalue weighted by Crippen LogP contribution is -2.24. The van der Waals surface area contributed by atoms with Crippen LogP contribution in [0.25, 0.3) is 0 Å². The fourth-order valence-corrected chi connectivity index (χ4v) is 2.64. The highest BCUT2D eigenvalue weighted by atomic mass is 16.3. The molecule has 1 unspecified atom stereocenters. The van der Waals surface area contributed by atoms with Crippen molar-refractivity contribution in [3.63, 3.8) is 0 Å². The van der Waals surface area contributed by atoms with Gasteiger partial charge in [0.2, 0.25) is 0 Å². The van der Waals surface area contributed by atoms with Gasteiger partial charge in [-0.3, -0.25) is 0 Å². The first-order chi connectivity index (χ1) is 8.33. The van der Waals surface area contributed by atoms with Crippen LogP contribution in [-0.2, 0) is 6.61 Å². The molecule has 1 aromatic rings. The number of aliphatic hydroxyl groups excluding tert-OH is 1. The first kappa shape index (κ1) is 12.4. The van der Waals surface area contributed by atoms with E-state index >= 15 is 0 Å². The summed E-state index contributed by atoms with van der Waals surface area (Å²) in [6.07, 6.45) is 5.32. The molecular weight excluding hydrogens is 210 g/mol. The van der Waals surface area contributed by atoms with Crippen molar-refractivity contribution in [2.24, 2.45) is 5.92 Å². The molecule has 0 amide bonds. The fraction of sp³-hybridized carbons (Fsp3) is 0.600. The summed E-state index contributed by atoms with van der Waals surface area (Å²) in [7, 11) is 0. The zero-order chi connectivity index (χ0) is 12.1. The average molecular weight is 233 g/mol. The molecule has 2 heteroatoms. The molecule has 1 N–H and O–H groups in total. The molecule has 1 fully saturated rings. The molecule has 1 atom stereocenters. The number of rotatable bonds is 3. The van der Waals surface area contributed by atoms with Crippen LogP contribution in [-0.4, -0.2) is 18.2 Å². The van der Waals surface area contributed by atoms with Gasteiger partial charge in [-0.1, -0.05) is 25.5 Å². The molecule has 0 bridgehead atoms. The summed E-state index contributed by atoms with van der Waals surface area (Å²) in [6.45, 7) is 4.79. The van der Waals surface area contributed by atoms with Gasteiger partial charge in [-0.15, -0.1) is 0 Å². The lowest BCUT2D eigenvalue weighted by molar-refractivity contribution is 0.282. The molecule has 94 valence electrons. The van der Waals surface area contributed by atoms with Crippen molar-refractivity contribution in [2.45, 2.75) is 39.2 Å². The minimum absolute atomic E-state index is 0.137. The Morgan fingerprint density at radius 3 is 2.59 bits per heavy atom. The maximum Gasteiger partial charge on any atom is 0.0681 e. The van der Waals surface area contributed by atoms with Crippen molar-refractivity contribution < 1.29 is 5.11 Å². The second kappa shape index (κ2) is 6.06. The molecule has 0 saturated carbocycles. The minimum atomic E-state index is 0.137. The Labute approximate surface area is 104 Å². The lowest BCUT2D eigenvalue weighted by Gasteiger charge is -2.23. The summed E-state index contributed by atoms with van der Waals surface area (Å²) in [5.74, 6) is 0.914. The third-order valence-electron chi connectivity index (χ3n) is 3.91. The fourth-order valence-electron chi connectivity index (χ4n) is 2.64.